The maximum atomic E-state index is 2.50. The van der Waals surface area contributed by atoms with Crippen molar-refractivity contribution in [1.82, 2.24) is 0 Å². The van der Waals surface area contributed by atoms with E-state index in [0.717, 1.165) is 12.3 Å². The van der Waals surface area contributed by atoms with E-state index in [2.05, 4.69) is 80.9 Å². The molecule has 0 aliphatic rings. The van der Waals surface area contributed by atoms with Crippen molar-refractivity contribution in [3.8, 4) is 0 Å². The van der Waals surface area contributed by atoms with Crippen LogP contribution in [-0.2, 0) is 0 Å². The van der Waals surface area contributed by atoms with Crippen molar-refractivity contribution in [2.45, 2.75) is 139 Å². The van der Waals surface area contributed by atoms with Gasteiger partial charge >= 0.3 is 0 Å². The van der Waals surface area contributed by atoms with Gasteiger partial charge in [0.2, 0.25) is 0 Å². The summed E-state index contributed by atoms with van der Waals surface area (Å²) in [5.74, 6) is 0.793. The third-order valence-corrected chi connectivity index (χ3v) is 7.34. The van der Waals surface area contributed by atoms with Crippen LogP contribution in [0.1, 0.15) is 139 Å². The molecule has 0 aromatic heterocycles. The monoisotopic (exact) mass is 391 g/mol. The van der Waals surface area contributed by atoms with Crippen LogP contribution in [0.25, 0.3) is 0 Å². The number of unbranched alkanes of at least 4 members (excludes halogenated alkanes) is 2. The third kappa shape index (κ3) is 13.1. The highest BCUT2D eigenvalue weighted by atomic mass is 14.3. The lowest BCUT2D eigenvalue weighted by atomic mass is 9.75. The Balaban J connectivity index is 4.25. The zero-order valence-electron chi connectivity index (χ0n) is 21.3. The lowest BCUT2D eigenvalue weighted by Crippen LogP contribution is -2.18. The van der Waals surface area contributed by atoms with E-state index in [9.17, 15) is 0 Å². The molecule has 0 heteroatoms. The molecule has 0 heterocycles. The lowest BCUT2D eigenvalue weighted by molar-refractivity contribution is 0.232. The Kier molecular flexibility index (Phi) is 13.7. The van der Waals surface area contributed by atoms with E-state index in [0.29, 0.717) is 16.2 Å². The van der Waals surface area contributed by atoms with Gasteiger partial charge in [-0.1, -0.05) is 112 Å². The average molecular weight is 392 g/mol. The summed E-state index contributed by atoms with van der Waals surface area (Å²) in [7, 11) is 0. The molecule has 2 unspecified atom stereocenters. The van der Waals surface area contributed by atoms with Crippen molar-refractivity contribution in [1.29, 1.82) is 0 Å². The molecule has 0 N–H and O–H groups in total. The smallest absolute Gasteiger partial charge is 0.0149 e. The largest absolute Gasteiger partial charge is 0.328 e. The quantitative estimate of drug-likeness (QED) is 0.131. The van der Waals surface area contributed by atoms with Crippen molar-refractivity contribution in [2.24, 2.45) is 22.2 Å². The van der Waals surface area contributed by atoms with Crippen LogP contribution >= 0.6 is 0 Å². The Bertz CT molecular complexity index is 400. The summed E-state index contributed by atoms with van der Waals surface area (Å²) in [6.07, 6.45) is 23.4. The molecule has 0 spiro atoms. The fourth-order valence-electron chi connectivity index (χ4n) is 4.30. The van der Waals surface area contributed by atoms with Crippen molar-refractivity contribution >= 4 is 0 Å². The van der Waals surface area contributed by atoms with E-state index in [1.807, 2.05) is 0 Å². The number of allylic oxidation sites excluding steroid dienone is 2. The second-order valence-corrected chi connectivity index (χ2v) is 11.3. The minimum Gasteiger partial charge on any atom is -0.328 e. The van der Waals surface area contributed by atoms with Gasteiger partial charge in [-0.2, -0.15) is 12.8 Å². The molecule has 0 aromatic rings. The predicted octanol–water partition coefficient (Wildman–Crippen LogP) is 10.2. The zero-order valence-corrected chi connectivity index (χ0v) is 21.3. The molecule has 0 saturated heterocycles. The highest BCUT2D eigenvalue weighted by Crippen LogP contribution is 2.36. The first-order chi connectivity index (χ1) is 13.0. The van der Waals surface area contributed by atoms with E-state index in [4.69, 9.17) is 0 Å². The summed E-state index contributed by atoms with van der Waals surface area (Å²) in [6.45, 7) is 21.5. The first-order valence-corrected chi connectivity index (χ1v) is 12.5. The van der Waals surface area contributed by atoms with Gasteiger partial charge in [0.15, 0.2) is 0 Å². The van der Waals surface area contributed by atoms with Gasteiger partial charge in [-0.25, -0.2) is 0 Å². The fourth-order valence-corrected chi connectivity index (χ4v) is 4.30. The SMILES string of the molecule is C[CH-]C(CCCCC(C)(/C=C\CC)CC)CC(C)(C)CCCCC(C)(C)CC. The predicted molar refractivity (Wildman–Crippen MR) is 131 cm³/mol. The second kappa shape index (κ2) is 13.9. The van der Waals surface area contributed by atoms with Gasteiger partial charge in [-0.05, 0) is 48.3 Å². The Morgan fingerprint density at radius 2 is 1.32 bits per heavy atom. The highest BCUT2D eigenvalue weighted by Gasteiger charge is 2.21. The van der Waals surface area contributed by atoms with Crippen molar-refractivity contribution < 1.29 is 0 Å². The van der Waals surface area contributed by atoms with Gasteiger partial charge in [-0.15, -0.1) is 0 Å². The first kappa shape index (κ1) is 27.7. The molecule has 0 radical (unpaired) electrons. The number of hydrogen-bond donors (Lipinski definition) is 0. The minimum absolute atomic E-state index is 0.410. The van der Waals surface area contributed by atoms with Crippen molar-refractivity contribution in [2.75, 3.05) is 0 Å². The summed E-state index contributed by atoms with van der Waals surface area (Å²) in [6, 6.07) is 0. The summed E-state index contributed by atoms with van der Waals surface area (Å²) in [5, 5.41) is 0. The topological polar surface area (TPSA) is 0 Å². The van der Waals surface area contributed by atoms with Gasteiger partial charge in [0.1, 0.15) is 0 Å². The number of hydrogen-bond acceptors (Lipinski definition) is 0. The summed E-state index contributed by atoms with van der Waals surface area (Å²) < 4.78 is 0. The van der Waals surface area contributed by atoms with Gasteiger partial charge in [0, 0.05) is 0 Å². The van der Waals surface area contributed by atoms with Crippen LogP contribution in [0.4, 0.5) is 0 Å². The van der Waals surface area contributed by atoms with Crippen LogP contribution in [-0.4, -0.2) is 0 Å². The minimum atomic E-state index is 0.410. The Hall–Kier alpha value is -0.260. The fraction of sp³-hybridized carbons (Fsp3) is 0.893. The molecule has 0 bridgehead atoms. The molecule has 0 aliphatic carbocycles. The molecule has 0 fully saturated rings. The summed E-state index contributed by atoms with van der Waals surface area (Å²) >= 11 is 0. The molecular formula is C28H55-. The van der Waals surface area contributed by atoms with Crippen LogP contribution in [0, 0.1) is 28.6 Å². The van der Waals surface area contributed by atoms with Crippen molar-refractivity contribution in [3.05, 3.63) is 18.6 Å². The van der Waals surface area contributed by atoms with Gasteiger partial charge in [-0.3, -0.25) is 0 Å². The number of rotatable bonds is 17. The van der Waals surface area contributed by atoms with Crippen LogP contribution in [0.15, 0.2) is 12.2 Å². The van der Waals surface area contributed by atoms with E-state index in [1.54, 1.807) is 0 Å². The molecule has 28 heavy (non-hydrogen) atoms. The summed E-state index contributed by atoms with van der Waals surface area (Å²) in [5.41, 5.74) is 1.42. The first-order valence-electron chi connectivity index (χ1n) is 12.5. The molecule has 0 saturated carbocycles. The molecule has 0 nitrogen and oxygen atoms in total. The Morgan fingerprint density at radius 3 is 1.82 bits per heavy atom. The van der Waals surface area contributed by atoms with Crippen LogP contribution < -0.4 is 0 Å². The molecule has 0 amide bonds. The molecule has 0 aromatic carbocycles. The highest BCUT2D eigenvalue weighted by molar-refractivity contribution is 4.96. The molecular weight excluding hydrogens is 336 g/mol. The Labute approximate surface area is 180 Å². The maximum Gasteiger partial charge on any atom is -0.0149 e. The standard InChI is InChI=1S/C28H55/c1-10-14-22-28(9,13-4)23-16-15-19-25(11-2)24-27(7,8)21-18-17-20-26(5,6)12-3/h11,14,22,25H,10,12-13,15-21,23-24H2,1-9H3/q-1/b22-14-. The molecule has 0 rings (SSSR count). The summed E-state index contributed by atoms with van der Waals surface area (Å²) in [4.78, 5) is 0. The van der Waals surface area contributed by atoms with Crippen LogP contribution in [0.2, 0.25) is 0 Å². The zero-order chi connectivity index (χ0) is 21.7. The molecule has 0 aliphatic heterocycles. The van der Waals surface area contributed by atoms with E-state index < -0.39 is 0 Å². The molecule has 2 atom stereocenters. The van der Waals surface area contributed by atoms with Crippen LogP contribution in [0.5, 0.6) is 0 Å². The third-order valence-electron chi connectivity index (χ3n) is 7.34. The molecule has 168 valence electrons. The van der Waals surface area contributed by atoms with Gasteiger partial charge in [0.25, 0.3) is 0 Å². The normalized spacial score (nSPS) is 16.5. The maximum absolute atomic E-state index is 2.50. The van der Waals surface area contributed by atoms with Crippen LogP contribution in [0.3, 0.4) is 0 Å². The van der Waals surface area contributed by atoms with E-state index in [-0.39, 0.29) is 0 Å². The van der Waals surface area contributed by atoms with Gasteiger partial charge in [0.05, 0.1) is 0 Å². The van der Waals surface area contributed by atoms with Gasteiger partial charge < -0.3 is 6.42 Å². The second-order valence-electron chi connectivity index (χ2n) is 11.3. The lowest BCUT2D eigenvalue weighted by Gasteiger charge is -2.35. The van der Waals surface area contributed by atoms with Crippen molar-refractivity contribution in [3.63, 3.8) is 0 Å². The van der Waals surface area contributed by atoms with E-state index >= 15 is 0 Å². The Morgan fingerprint density at radius 1 is 0.750 bits per heavy atom. The van der Waals surface area contributed by atoms with E-state index in [1.165, 1.54) is 70.6 Å². The average Bonchev–Trinajstić information content (AvgIpc) is 2.66.